The van der Waals surface area contributed by atoms with Crippen LogP contribution >= 0.6 is 0 Å². The van der Waals surface area contributed by atoms with Crippen molar-refractivity contribution in [3.8, 4) is 23.6 Å². The number of rotatable bonds is 16. The number of ether oxygens (including phenoxy) is 4. The van der Waals surface area contributed by atoms with E-state index in [1.165, 1.54) is 12.1 Å². The predicted octanol–water partition coefficient (Wildman–Crippen LogP) is 2.54. The van der Waals surface area contributed by atoms with E-state index in [1.54, 1.807) is 6.92 Å². The Morgan fingerprint density at radius 2 is 1.32 bits per heavy atom. The van der Waals surface area contributed by atoms with Crippen LogP contribution in [-0.2, 0) is 19.6 Å². The summed E-state index contributed by atoms with van der Waals surface area (Å²) in [7, 11) is -4.05. The van der Waals surface area contributed by atoms with E-state index in [-0.39, 0.29) is 78.0 Å². The van der Waals surface area contributed by atoms with E-state index in [9.17, 15) is 18.9 Å². The lowest BCUT2D eigenvalue weighted by atomic mass is 10.1. The summed E-state index contributed by atoms with van der Waals surface area (Å²) in [6.45, 7) is 21.9. The summed E-state index contributed by atoms with van der Waals surface area (Å²) in [6.07, 6.45) is 1.29. The van der Waals surface area contributed by atoms with E-state index in [4.69, 9.17) is 36.6 Å². The molecular formula is C26H32N4O7S. The van der Waals surface area contributed by atoms with E-state index in [0.717, 1.165) is 6.42 Å². The first-order chi connectivity index (χ1) is 18.1. The van der Waals surface area contributed by atoms with Crippen LogP contribution in [0.5, 0.6) is 11.5 Å². The Morgan fingerprint density at radius 3 is 1.68 bits per heavy atom. The van der Waals surface area contributed by atoms with Gasteiger partial charge in [-0.05, 0) is 36.8 Å². The van der Waals surface area contributed by atoms with Crippen LogP contribution in [0.15, 0.2) is 12.1 Å². The maximum Gasteiger partial charge on any atom is 0.272 e. The van der Waals surface area contributed by atoms with Gasteiger partial charge in [0.1, 0.15) is 24.7 Å². The Labute approximate surface area is 223 Å². The Hall–Kier alpha value is -3.65. The predicted molar refractivity (Wildman–Crippen MR) is 139 cm³/mol. The topological polar surface area (TPSA) is 148 Å². The van der Waals surface area contributed by atoms with Crippen LogP contribution in [0.4, 0.5) is 0 Å². The molecule has 1 aromatic carbocycles. The third-order valence-electron chi connectivity index (χ3n) is 5.09. The number of hydrogen-bond donors (Lipinski definition) is 1. The minimum atomic E-state index is -4.05. The van der Waals surface area contributed by atoms with Crippen molar-refractivity contribution in [3.63, 3.8) is 0 Å². The van der Waals surface area contributed by atoms with Crippen molar-refractivity contribution in [1.82, 2.24) is 0 Å². The molecule has 1 rings (SSSR count). The zero-order valence-electron chi connectivity index (χ0n) is 21.8. The molecule has 0 spiro atoms. The van der Waals surface area contributed by atoms with Crippen molar-refractivity contribution in [2.24, 2.45) is 11.8 Å². The highest BCUT2D eigenvalue weighted by atomic mass is 32.2. The summed E-state index contributed by atoms with van der Waals surface area (Å²) < 4.78 is 53.3. The lowest BCUT2D eigenvalue weighted by Crippen LogP contribution is -2.22. The standard InChI is InChI=1S/C26H32N4O7S/c1-19(2)6-8-34-10-12-36-25-14-22(24(17-28)30-5)26(15-21(25)23(16-27)29-4)37-13-11-35-9-7-20(3)18-38(31,32)33/h14-15,19-20H,6-13,18H2,1-3H3,(H,31,32,33)/b23-21-,24-22+. The Kier molecular flexibility index (Phi) is 14.5. The fourth-order valence-electron chi connectivity index (χ4n) is 3.13. The maximum atomic E-state index is 10.9. The van der Waals surface area contributed by atoms with Crippen LogP contribution in [0.2, 0.25) is 0 Å². The molecule has 204 valence electrons. The third kappa shape index (κ3) is 12.1. The van der Waals surface area contributed by atoms with Gasteiger partial charge in [0.25, 0.3) is 21.5 Å². The molecule has 0 radical (unpaired) electrons. The molecule has 1 atom stereocenters. The molecule has 0 saturated heterocycles. The molecule has 12 heteroatoms. The SMILES string of the molecule is [C-]#[N+]/C(C#N)=c1/cc(OCCOCCC(C)CS(=O)(=O)O)/c(=C(\C#N)[N+]#[C-])cc1OCCOCCC(C)C. The molecule has 1 aromatic rings. The van der Waals surface area contributed by atoms with Crippen molar-refractivity contribution < 1.29 is 31.9 Å². The summed E-state index contributed by atoms with van der Waals surface area (Å²) in [4.78, 5) is 6.50. The molecule has 0 aliphatic carbocycles. The molecular weight excluding hydrogens is 512 g/mol. The van der Waals surface area contributed by atoms with Gasteiger partial charge in [-0.1, -0.05) is 20.8 Å². The molecule has 11 nitrogen and oxygen atoms in total. The molecule has 1 unspecified atom stereocenters. The van der Waals surface area contributed by atoms with Crippen LogP contribution in [0.25, 0.3) is 21.1 Å². The molecule has 0 saturated carbocycles. The van der Waals surface area contributed by atoms with Gasteiger partial charge in [0.15, 0.2) is 0 Å². The lowest BCUT2D eigenvalue weighted by molar-refractivity contribution is 0.0910. The number of nitrogens with zero attached hydrogens (tertiary/aromatic N) is 4. The number of hydrogen-bond acceptors (Lipinski definition) is 8. The van der Waals surface area contributed by atoms with Crippen LogP contribution < -0.4 is 19.9 Å². The number of nitriles is 2. The second kappa shape index (κ2) is 17.0. The quantitative estimate of drug-likeness (QED) is 0.188. The van der Waals surface area contributed by atoms with Gasteiger partial charge in [0.2, 0.25) is 0 Å². The average Bonchev–Trinajstić information content (AvgIpc) is 2.85. The smallest absolute Gasteiger partial charge is 0.272 e. The second-order valence-electron chi connectivity index (χ2n) is 8.74. The number of benzene rings is 1. The summed E-state index contributed by atoms with van der Waals surface area (Å²) >= 11 is 0. The molecule has 0 aromatic heterocycles. The Bertz CT molecular complexity index is 1300. The molecule has 0 heterocycles. The molecule has 1 N–H and O–H groups in total. The van der Waals surface area contributed by atoms with Gasteiger partial charge >= 0.3 is 0 Å². The normalized spacial score (nSPS) is 13.4. The highest BCUT2D eigenvalue weighted by molar-refractivity contribution is 7.85. The van der Waals surface area contributed by atoms with E-state index in [0.29, 0.717) is 18.9 Å². The van der Waals surface area contributed by atoms with E-state index in [1.807, 2.05) is 12.1 Å². The van der Waals surface area contributed by atoms with Crippen molar-refractivity contribution in [1.29, 1.82) is 10.5 Å². The molecule has 0 bridgehead atoms. The van der Waals surface area contributed by atoms with Gasteiger partial charge in [-0.15, -0.1) is 0 Å². The molecule has 0 amide bonds. The zero-order chi connectivity index (χ0) is 28.6. The van der Waals surface area contributed by atoms with Gasteiger partial charge in [-0.2, -0.15) is 8.42 Å². The third-order valence-corrected chi connectivity index (χ3v) is 6.08. The van der Waals surface area contributed by atoms with Crippen LogP contribution in [0.3, 0.4) is 0 Å². The van der Waals surface area contributed by atoms with E-state index in [2.05, 4.69) is 23.5 Å². The fourth-order valence-corrected chi connectivity index (χ4v) is 4.02. The molecule has 0 aliphatic rings. The van der Waals surface area contributed by atoms with Gasteiger partial charge in [0, 0.05) is 23.7 Å². The van der Waals surface area contributed by atoms with Crippen molar-refractivity contribution in [2.75, 3.05) is 45.4 Å². The van der Waals surface area contributed by atoms with Gasteiger partial charge in [0.05, 0.1) is 44.2 Å². The summed E-state index contributed by atoms with van der Waals surface area (Å²) in [5, 5.41) is 19.2. The van der Waals surface area contributed by atoms with Crippen molar-refractivity contribution in [2.45, 2.75) is 33.6 Å². The summed E-state index contributed by atoms with van der Waals surface area (Å²) in [5.74, 6) is 0.0882. The maximum absolute atomic E-state index is 10.9. The minimum Gasteiger partial charge on any atom is -0.492 e. The highest BCUT2D eigenvalue weighted by Crippen LogP contribution is 2.13. The average molecular weight is 545 g/mol. The van der Waals surface area contributed by atoms with Gasteiger partial charge in [-0.25, -0.2) is 20.2 Å². The fraction of sp³-hybridized carbons (Fsp3) is 0.538. The van der Waals surface area contributed by atoms with Crippen molar-refractivity contribution >= 4 is 21.5 Å². The largest absolute Gasteiger partial charge is 0.492 e. The van der Waals surface area contributed by atoms with Gasteiger partial charge < -0.3 is 18.9 Å². The van der Waals surface area contributed by atoms with Crippen molar-refractivity contribution in [3.05, 3.63) is 45.4 Å². The summed E-state index contributed by atoms with van der Waals surface area (Å²) in [6, 6.07) is 6.43. The molecule has 0 fully saturated rings. The van der Waals surface area contributed by atoms with E-state index < -0.39 is 10.1 Å². The summed E-state index contributed by atoms with van der Waals surface area (Å²) in [5.41, 5.74) is -0.506. The monoisotopic (exact) mass is 544 g/mol. The molecule has 0 aliphatic heterocycles. The zero-order valence-corrected chi connectivity index (χ0v) is 22.6. The second-order valence-corrected chi connectivity index (χ2v) is 10.2. The Balaban J connectivity index is 3.08. The van der Waals surface area contributed by atoms with Crippen LogP contribution in [-0.4, -0.2) is 58.4 Å². The first kappa shape index (κ1) is 32.4. The molecule has 38 heavy (non-hydrogen) atoms. The minimum absolute atomic E-state index is 0.0135. The lowest BCUT2D eigenvalue weighted by Gasteiger charge is -2.13. The first-order valence-corrected chi connectivity index (χ1v) is 13.5. The van der Waals surface area contributed by atoms with Gasteiger partial charge in [-0.3, -0.25) is 4.55 Å². The van der Waals surface area contributed by atoms with Crippen LogP contribution in [0.1, 0.15) is 33.6 Å². The Morgan fingerprint density at radius 1 is 0.868 bits per heavy atom. The van der Waals surface area contributed by atoms with Crippen LogP contribution in [0, 0.1) is 47.6 Å². The first-order valence-electron chi connectivity index (χ1n) is 11.9. The van der Waals surface area contributed by atoms with E-state index >= 15 is 0 Å². The highest BCUT2D eigenvalue weighted by Gasteiger charge is 2.13.